The van der Waals surface area contributed by atoms with E-state index in [0.717, 1.165) is 11.8 Å². The van der Waals surface area contributed by atoms with Crippen LogP contribution in [0.2, 0.25) is 0 Å². The van der Waals surface area contributed by atoms with Gasteiger partial charge in [-0.05, 0) is 30.3 Å². The Kier molecular flexibility index (Phi) is 5.24. The third-order valence-electron chi connectivity index (χ3n) is 3.79. The molecular formula is C20H9F3N2O3S2. The molecule has 0 atom stereocenters. The van der Waals surface area contributed by atoms with E-state index in [-0.39, 0.29) is 11.7 Å². The second kappa shape index (κ2) is 7.85. The van der Waals surface area contributed by atoms with Crippen molar-refractivity contribution in [1.82, 2.24) is 10.3 Å². The van der Waals surface area contributed by atoms with Gasteiger partial charge in [-0.1, -0.05) is 35.8 Å². The molecule has 3 heterocycles. The fourth-order valence-electron chi connectivity index (χ4n) is 2.57. The van der Waals surface area contributed by atoms with Crippen LogP contribution in [0, 0.1) is 11.8 Å². The van der Waals surface area contributed by atoms with E-state index in [2.05, 4.69) is 26.9 Å². The van der Waals surface area contributed by atoms with Crippen molar-refractivity contribution in [3.05, 3.63) is 64.5 Å². The molecular weight excluding hydrogens is 437 g/mol. The summed E-state index contributed by atoms with van der Waals surface area (Å²) in [7, 11) is 0. The predicted molar refractivity (Wildman–Crippen MR) is 109 cm³/mol. The van der Waals surface area contributed by atoms with Crippen molar-refractivity contribution in [3.63, 3.8) is 0 Å². The van der Waals surface area contributed by atoms with Crippen LogP contribution in [0.25, 0.3) is 17.0 Å². The molecule has 0 spiro atoms. The highest BCUT2D eigenvalue weighted by Crippen LogP contribution is 2.29. The summed E-state index contributed by atoms with van der Waals surface area (Å²) >= 11 is 6.10. The Bertz CT molecular complexity index is 1250. The van der Waals surface area contributed by atoms with E-state index < -0.39 is 6.36 Å². The lowest BCUT2D eigenvalue weighted by atomic mass is 10.2. The van der Waals surface area contributed by atoms with Crippen LogP contribution >= 0.6 is 24.0 Å². The molecule has 150 valence electrons. The number of carbonyl (C=O) groups is 1. The van der Waals surface area contributed by atoms with Crippen molar-refractivity contribution in [3.8, 4) is 17.6 Å². The molecule has 10 heteroatoms. The van der Waals surface area contributed by atoms with Gasteiger partial charge in [0.2, 0.25) is 0 Å². The van der Waals surface area contributed by atoms with Crippen molar-refractivity contribution in [2.75, 3.05) is 0 Å². The average Bonchev–Trinajstić information content (AvgIpc) is 3.22. The van der Waals surface area contributed by atoms with Gasteiger partial charge >= 0.3 is 6.36 Å². The minimum Gasteiger partial charge on any atom is -0.455 e. The van der Waals surface area contributed by atoms with Gasteiger partial charge in [0.25, 0.3) is 5.91 Å². The molecule has 3 aromatic rings. The molecule has 1 aliphatic rings. The van der Waals surface area contributed by atoms with E-state index >= 15 is 0 Å². The van der Waals surface area contributed by atoms with Gasteiger partial charge in [-0.15, -0.1) is 13.2 Å². The van der Waals surface area contributed by atoms with Crippen LogP contribution in [0.4, 0.5) is 13.2 Å². The molecule has 0 saturated carbocycles. The molecule has 4 rings (SSSR count). The summed E-state index contributed by atoms with van der Waals surface area (Å²) in [5.74, 6) is 5.58. The first-order valence-electron chi connectivity index (χ1n) is 8.27. The second-order valence-electron chi connectivity index (χ2n) is 5.93. The van der Waals surface area contributed by atoms with Crippen molar-refractivity contribution >= 4 is 51.3 Å². The Labute approximate surface area is 177 Å². The van der Waals surface area contributed by atoms with Gasteiger partial charge in [0.05, 0.1) is 10.5 Å². The highest BCUT2D eigenvalue weighted by Gasteiger charge is 2.30. The predicted octanol–water partition coefficient (Wildman–Crippen LogP) is 4.62. The zero-order valence-electron chi connectivity index (χ0n) is 14.7. The maximum absolute atomic E-state index is 12.2. The highest BCUT2D eigenvalue weighted by molar-refractivity contribution is 8.26. The quantitative estimate of drug-likeness (QED) is 0.352. The lowest BCUT2D eigenvalue weighted by Crippen LogP contribution is -2.17. The van der Waals surface area contributed by atoms with Crippen molar-refractivity contribution in [1.29, 1.82) is 0 Å². The normalized spacial score (nSPS) is 15.2. The molecule has 1 amide bonds. The third kappa shape index (κ3) is 4.64. The lowest BCUT2D eigenvalue weighted by molar-refractivity contribution is -0.274. The largest absolute Gasteiger partial charge is 0.573 e. The van der Waals surface area contributed by atoms with E-state index in [1.807, 2.05) is 0 Å². The molecule has 0 radical (unpaired) electrons. The number of nitrogens with zero attached hydrogens (tertiary/aromatic N) is 1. The summed E-state index contributed by atoms with van der Waals surface area (Å²) < 4.78 is 46.7. The molecule has 1 aromatic carbocycles. The van der Waals surface area contributed by atoms with E-state index in [1.54, 1.807) is 18.3 Å². The topological polar surface area (TPSA) is 64.4 Å². The molecule has 1 saturated heterocycles. The summed E-state index contributed by atoms with van der Waals surface area (Å²) in [5, 5.41) is 3.22. The van der Waals surface area contributed by atoms with Crippen LogP contribution in [-0.2, 0) is 4.79 Å². The number of thiocarbonyl (C=S) groups is 1. The maximum Gasteiger partial charge on any atom is 0.573 e. The number of amides is 1. The monoisotopic (exact) mass is 446 g/mol. The molecule has 0 bridgehead atoms. The number of carbonyl (C=O) groups excluding carboxylic acids is 1. The summed E-state index contributed by atoms with van der Waals surface area (Å²) in [4.78, 5) is 16.3. The van der Waals surface area contributed by atoms with Gasteiger partial charge < -0.3 is 14.5 Å². The molecule has 0 aliphatic carbocycles. The van der Waals surface area contributed by atoms with E-state index in [9.17, 15) is 18.0 Å². The van der Waals surface area contributed by atoms with E-state index in [4.69, 9.17) is 16.6 Å². The molecule has 0 unspecified atom stereocenters. The van der Waals surface area contributed by atoms with Crippen LogP contribution in [0.5, 0.6) is 5.75 Å². The summed E-state index contributed by atoms with van der Waals surface area (Å²) in [5.41, 5.74) is 1.46. The van der Waals surface area contributed by atoms with Gasteiger partial charge in [0, 0.05) is 29.4 Å². The molecule has 5 nitrogen and oxygen atoms in total. The van der Waals surface area contributed by atoms with Crippen molar-refractivity contribution in [2.24, 2.45) is 0 Å². The first-order chi connectivity index (χ1) is 14.3. The summed E-state index contributed by atoms with van der Waals surface area (Å²) in [6.07, 6.45) is -0.0515. The summed E-state index contributed by atoms with van der Waals surface area (Å²) in [6, 6.07) is 6.92. The van der Waals surface area contributed by atoms with Crippen LogP contribution in [0.1, 0.15) is 16.9 Å². The Morgan fingerprint density at radius 2 is 1.97 bits per heavy atom. The zero-order chi connectivity index (χ0) is 21.3. The van der Waals surface area contributed by atoms with Crippen LogP contribution < -0.4 is 10.1 Å². The fraction of sp³-hybridized carbons (Fsp3) is 0.0500. The Morgan fingerprint density at radius 1 is 1.20 bits per heavy atom. The number of benzene rings is 1. The second-order valence-corrected chi connectivity index (χ2v) is 7.65. The minimum atomic E-state index is -4.75. The van der Waals surface area contributed by atoms with Crippen LogP contribution in [0.15, 0.2) is 52.0 Å². The zero-order valence-corrected chi connectivity index (χ0v) is 16.4. The molecule has 2 aromatic heterocycles. The highest BCUT2D eigenvalue weighted by atomic mass is 32.2. The third-order valence-corrected chi connectivity index (χ3v) is 4.95. The number of pyridine rings is 1. The number of hydrogen-bond donors (Lipinski definition) is 1. The van der Waals surface area contributed by atoms with Crippen molar-refractivity contribution in [2.45, 2.75) is 6.36 Å². The van der Waals surface area contributed by atoms with Gasteiger partial charge in [0.1, 0.15) is 15.8 Å². The van der Waals surface area contributed by atoms with Crippen molar-refractivity contribution < 1.29 is 27.1 Å². The number of hydrogen-bond acceptors (Lipinski definition) is 6. The molecule has 1 aliphatic heterocycles. The maximum atomic E-state index is 12.2. The molecule has 30 heavy (non-hydrogen) atoms. The standard InChI is InChI=1S/C20H9F3N2O3S2/c21-20(22,23)28-14-5-2-11(3-6-14)1-4-12-9-24-10-13-7-15(27-17(12)13)8-16-18(26)25-19(29)30-16/h2-3,5-10H,(H,25,26,29). The van der Waals surface area contributed by atoms with E-state index in [1.165, 1.54) is 30.5 Å². The smallest absolute Gasteiger partial charge is 0.455 e. The summed E-state index contributed by atoms with van der Waals surface area (Å²) in [6.45, 7) is 0. The van der Waals surface area contributed by atoms with Crippen LogP contribution in [0.3, 0.4) is 0 Å². The SMILES string of the molecule is O=C1NC(=S)SC1=Cc1cc2cncc(C#Cc3ccc(OC(F)(F)F)cc3)c2o1. The number of ether oxygens (including phenoxy) is 1. The average molecular weight is 446 g/mol. The van der Waals surface area contributed by atoms with Gasteiger partial charge in [-0.25, -0.2) is 0 Å². The lowest BCUT2D eigenvalue weighted by Gasteiger charge is -2.07. The van der Waals surface area contributed by atoms with Gasteiger partial charge in [-0.2, -0.15) is 0 Å². The number of halogens is 3. The van der Waals surface area contributed by atoms with Gasteiger partial charge in [0.15, 0.2) is 5.58 Å². The number of furan rings is 1. The van der Waals surface area contributed by atoms with E-state index in [0.29, 0.717) is 37.1 Å². The van der Waals surface area contributed by atoms with Crippen LogP contribution in [-0.4, -0.2) is 21.6 Å². The number of alkyl halides is 3. The number of aromatic nitrogens is 1. The Morgan fingerprint density at radius 3 is 2.63 bits per heavy atom. The van der Waals surface area contributed by atoms with Gasteiger partial charge in [-0.3, -0.25) is 9.78 Å². The first kappa shape index (κ1) is 20.0. The minimum absolute atomic E-state index is 0.290. The number of fused-ring (bicyclic) bond motifs is 1. The molecule has 1 fully saturated rings. The Balaban J connectivity index is 1.60. The number of thioether (sulfide) groups is 1. The molecule has 1 N–H and O–H groups in total. The number of nitrogens with one attached hydrogen (secondary N) is 1. The fourth-order valence-corrected chi connectivity index (χ4v) is 3.60. The Hall–Kier alpha value is -3.29. The number of rotatable bonds is 2. The first-order valence-corrected chi connectivity index (χ1v) is 9.49.